The predicted molar refractivity (Wildman–Crippen MR) is 94.0 cm³/mol. The fraction of sp³-hybridized carbons (Fsp3) is 0.667. The van der Waals surface area contributed by atoms with Crippen LogP contribution in [-0.2, 0) is 22.7 Å². The van der Waals surface area contributed by atoms with Crippen LogP contribution in [0.2, 0.25) is 0 Å². The summed E-state index contributed by atoms with van der Waals surface area (Å²) in [6.07, 6.45) is -1.22. The van der Waals surface area contributed by atoms with Crippen molar-refractivity contribution in [2.75, 3.05) is 26.7 Å². The first-order valence-electron chi connectivity index (χ1n) is 9.00. The third-order valence-electron chi connectivity index (χ3n) is 5.32. The molecule has 0 atom stereocenters. The van der Waals surface area contributed by atoms with Crippen molar-refractivity contribution in [3.05, 3.63) is 35.4 Å². The van der Waals surface area contributed by atoms with E-state index in [1.807, 2.05) is 4.90 Å². The normalized spacial score (nSPS) is 20.7. The zero-order valence-electron chi connectivity index (χ0n) is 14.9. The van der Waals surface area contributed by atoms with Crippen molar-refractivity contribution in [3.63, 3.8) is 0 Å². The molecule has 0 bridgehead atoms. The predicted octanol–water partition coefficient (Wildman–Crippen LogP) is 3.34. The largest absolute Gasteiger partial charge is 0.416 e. The molecule has 1 aromatic carbocycles. The summed E-state index contributed by atoms with van der Waals surface area (Å²) in [5.41, 5.74) is -0.274. The van der Waals surface area contributed by atoms with Crippen LogP contribution >= 0.6 is 0 Å². The van der Waals surface area contributed by atoms with E-state index in [-0.39, 0.29) is 17.7 Å². The van der Waals surface area contributed by atoms with Gasteiger partial charge in [0.1, 0.15) is 0 Å². The highest BCUT2D eigenvalue weighted by Gasteiger charge is 2.39. The summed E-state index contributed by atoms with van der Waals surface area (Å²) >= 11 is 0. The van der Waals surface area contributed by atoms with Gasteiger partial charge in [-0.25, -0.2) is 12.7 Å². The Balaban J connectivity index is 1.53. The maximum atomic E-state index is 13.1. The highest BCUT2D eigenvalue weighted by molar-refractivity contribution is 7.90. The van der Waals surface area contributed by atoms with Crippen LogP contribution in [0.25, 0.3) is 0 Å². The summed E-state index contributed by atoms with van der Waals surface area (Å²) in [4.78, 5) is 2.02. The smallest absolute Gasteiger partial charge is 0.299 e. The summed E-state index contributed by atoms with van der Waals surface area (Å²) in [6, 6.07) is 5.70. The minimum atomic E-state index is -4.34. The first kappa shape index (κ1) is 19.6. The van der Waals surface area contributed by atoms with Gasteiger partial charge in [-0.3, -0.25) is 4.90 Å². The molecule has 8 heteroatoms. The lowest BCUT2D eigenvalue weighted by atomic mass is 9.96. The van der Waals surface area contributed by atoms with Crippen LogP contribution in [0.3, 0.4) is 0 Å². The lowest BCUT2D eigenvalue weighted by molar-refractivity contribution is -0.138. The van der Waals surface area contributed by atoms with Gasteiger partial charge in [-0.05, 0) is 56.3 Å². The molecule has 146 valence electrons. The summed E-state index contributed by atoms with van der Waals surface area (Å²) in [5, 5.41) is -0.202. The molecule has 2 fully saturated rings. The quantitative estimate of drug-likeness (QED) is 0.748. The van der Waals surface area contributed by atoms with Crippen LogP contribution in [0.4, 0.5) is 13.2 Å². The number of nitrogens with zero attached hydrogens (tertiary/aromatic N) is 2. The first-order valence-corrected chi connectivity index (χ1v) is 10.5. The second-order valence-corrected chi connectivity index (χ2v) is 9.72. The molecule has 0 unspecified atom stereocenters. The van der Waals surface area contributed by atoms with Gasteiger partial charge >= 0.3 is 6.18 Å². The first-order chi connectivity index (χ1) is 12.2. The van der Waals surface area contributed by atoms with Crippen LogP contribution < -0.4 is 0 Å². The molecule has 1 heterocycles. The van der Waals surface area contributed by atoms with E-state index in [9.17, 15) is 21.6 Å². The molecule has 2 aliphatic rings. The number of sulfonamides is 1. The van der Waals surface area contributed by atoms with E-state index in [0.717, 1.165) is 31.7 Å². The SMILES string of the molecule is CN(CC1CCN(Cc2ccccc2C(F)(F)F)CC1)S(=O)(=O)C1CC1. The highest BCUT2D eigenvalue weighted by Crippen LogP contribution is 2.34. The molecule has 0 N–H and O–H groups in total. The van der Waals surface area contributed by atoms with E-state index >= 15 is 0 Å². The molecule has 1 saturated carbocycles. The highest BCUT2D eigenvalue weighted by atomic mass is 32.2. The number of likely N-dealkylation sites (tertiary alicyclic amines) is 1. The molecule has 0 radical (unpaired) electrons. The summed E-state index contributed by atoms with van der Waals surface area (Å²) in [5.74, 6) is 0.266. The van der Waals surface area contributed by atoms with Crippen molar-refractivity contribution in [2.45, 2.75) is 43.7 Å². The Kier molecular flexibility index (Phi) is 5.65. The van der Waals surface area contributed by atoms with Crippen molar-refractivity contribution in [1.29, 1.82) is 0 Å². The zero-order chi connectivity index (χ0) is 18.9. The third kappa shape index (κ3) is 4.58. The Labute approximate surface area is 153 Å². The van der Waals surface area contributed by atoms with Crippen molar-refractivity contribution in [3.8, 4) is 0 Å². The van der Waals surface area contributed by atoms with E-state index in [1.165, 1.54) is 16.4 Å². The maximum Gasteiger partial charge on any atom is 0.416 e. The molecule has 0 aromatic heterocycles. The van der Waals surface area contributed by atoms with Gasteiger partial charge in [0.05, 0.1) is 10.8 Å². The molecule has 3 rings (SSSR count). The van der Waals surface area contributed by atoms with Gasteiger partial charge in [0.15, 0.2) is 0 Å². The molecule has 1 aliphatic carbocycles. The molecule has 4 nitrogen and oxygen atoms in total. The van der Waals surface area contributed by atoms with Gasteiger partial charge in [-0.15, -0.1) is 0 Å². The number of halogens is 3. The van der Waals surface area contributed by atoms with Crippen LogP contribution in [0, 0.1) is 5.92 Å². The molecule has 1 aliphatic heterocycles. The average Bonchev–Trinajstić information content (AvgIpc) is 3.41. The van der Waals surface area contributed by atoms with Crippen LogP contribution in [0.15, 0.2) is 24.3 Å². The van der Waals surface area contributed by atoms with Crippen LogP contribution in [0.5, 0.6) is 0 Å². The number of hydrogen-bond donors (Lipinski definition) is 0. The Morgan fingerprint density at radius 1 is 1.12 bits per heavy atom. The monoisotopic (exact) mass is 390 g/mol. The number of alkyl halides is 3. The van der Waals surface area contributed by atoms with E-state index in [1.54, 1.807) is 13.1 Å². The number of piperidine rings is 1. The summed E-state index contributed by atoms with van der Waals surface area (Å²) in [7, 11) is -1.52. The molecule has 0 amide bonds. The van der Waals surface area contributed by atoms with Gasteiger partial charge < -0.3 is 0 Å². The molecule has 1 saturated heterocycles. The Bertz CT molecular complexity index is 724. The Morgan fingerprint density at radius 2 is 1.73 bits per heavy atom. The van der Waals surface area contributed by atoms with E-state index in [2.05, 4.69) is 0 Å². The Morgan fingerprint density at radius 3 is 2.31 bits per heavy atom. The molecule has 1 aromatic rings. The van der Waals surface area contributed by atoms with Gasteiger partial charge in [0.25, 0.3) is 0 Å². The van der Waals surface area contributed by atoms with Crippen molar-refractivity contribution < 1.29 is 21.6 Å². The zero-order valence-corrected chi connectivity index (χ0v) is 15.7. The summed E-state index contributed by atoms with van der Waals surface area (Å²) in [6.45, 7) is 2.16. The Hall–Kier alpha value is -1.12. The van der Waals surface area contributed by atoms with Gasteiger partial charge in [0, 0.05) is 20.1 Å². The molecular formula is C18H25F3N2O2S. The van der Waals surface area contributed by atoms with Crippen LogP contribution in [-0.4, -0.2) is 49.6 Å². The standard InChI is InChI=1S/C18H25F3N2O2S/c1-22(26(24,25)16-6-7-16)12-14-8-10-23(11-9-14)13-15-4-2-3-5-17(15)18(19,20)21/h2-5,14,16H,6-13H2,1H3. The minimum absolute atomic E-state index is 0.202. The van der Waals surface area contributed by atoms with Crippen LogP contribution in [0.1, 0.15) is 36.8 Å². The second-order valence-electron chi connectivity index (χ2n) is 7.40. The van der Waals surface area contributed by atoms with E-state index in [0.29, 0.717) is 25.2 Å². The van der Waals surface area contributed by atoms with E-state index in [4.69, 9.17) is 0 Å². The second kappa shape index (κ2) is 7.48. The fourth-order valence-electron chi connectivity index (χ4n) is 3.59. The third-order valence-corrected chi connectivity index (χ3v) is 7.65. The average molecular weight is 390 g/mol. The van der Waals surface area contributed by atoms with Crippen molar-refractivity contribution >= 4 is 10.0 Å². The number of hydrogen-bond acceptors (Lipinski definition) is 3. The minimum Gasteiger partial charge on any atom is -0.299 e. The molecule has 0 spiro atoms. The molecule has 26 heavy (non-hydrogen) atoms. The lowest BCUT2D eigenvalue weighted by Gasteiger charge is -2.34. The topological polar surface area (TPSA) is 40.6 Å². The van der Waals surface area contributed by atoms with Gasteiger partial charge in [-0.1, -0.05) is 18.2 Å². The number of rotatable bonds is 6. The van der Waals surface area contributed by atoms with E-state index < -0.39 is 21.8 Å². The maximum absolute atomic E-state index is 13.1. The van der Waals surface area contributed by atoms with Gasteiger partial charge in [-0.2, -0.15) is 13.2 Å². The fourth-order valence-corrected chi connectivity index (χ4v) is 5.25. The van der Waals surface area contributed by atoms with Gasteiger partial charge in [0.2, 0.25) is 10.0 Å². The summed E-state index contributed by atoms with van der Waals surface area (Å²) < 4.78 is 65.2. The van der Waals surface area contributed by atoms with Crippen molar-refractivity contribution in [2.24, 2.45) is 5.92 Å². The lowest BCUT2D eigenvalue weighted by Crippen LogP contribution is -2.40. The molecular weight excluding hydrogens is 365 g/mol. The van der Waals surface area contributed by atoms with Crippen molar-refractivity contribution in [1.82, 2.24) is 9.21 Å². The number of benzene rings is 1.